The van der Waals surface area contributed by atoms with Crippen molar-refractivity contribution >= 4 is 28.9 Å². The maximum Gasteiger partial charge on any atom is 0.343 e. The second-order valence-electron chi connectivity index (χ2n) is 9.89. The van der Waals surface area contributed by atoms with Crippen molar-refractivity contribution in [1.29, 1.82) is 0 Å². The van der Waals surface area contributed by atoms with Gasteiger partial charge >= 0.3 is 11.9 Å². The molecule has 0 bridgehead atoms. The van der Waals surface area contributed by atoms with E-state index in [1.54, 1.807) is 48.9 Å². The minimum absolute atomic E-state index is 0.0710. The Morgan fingerprint density at radius 3 is 2.55 bits per heavy atom. The van der Waals surface area contributed by atoms with Crippen molar-refractivity contribution < 1.29 is 33.4 Å². The van der Waals surface area contributed by atoms with E-state index in [0.717, 1.165) is 42.6 Å². The third kappa shape index (κ3) is 6.01. The van der Waals surface area contributed by atoms with Crippen molar-refractivity contribution in [3.63, 3.8) is 0 Å². The predicted molar refractivity (Wildman–Crippen MR) is 146 cm³/mol. The van der Waals surface area contributed by atoms with E-state index in [2.05, 4.69) is 14.6 Å². The molecule has 0 spiro atoms. The molecule has 10 heteroatoms. The minimum atomic E-state index is -1.15. The number of nitrogens with zero attached hydrogens (tertiary/aromatic N) is 2. The number of esters is 1. The van der Waals surface area contributed by atoms with Gasteiger partial charge in [0.15, 0.2) is 6.61 Å². The molecule has 1 saturated carbocycles. The number of carbonyl (C=O) groups excluding carboxylic acids is 2. The predicted octanol–water partition coefficient (Wildman–Crippen LogP) is 4.78. The molecule has 1 fully saturated rings. The van der Waals surface area contributed by atoms with Crippen LogP contribution in [0.2, 0.25) is 0 Å². The quantitative estimate of drug-likeness (QED) is 0.272. The van der Waals surface area contributed by atoms with Gasteiger partial charge in [0.2, 0.25) is 0 Å². The van der Waals surface area contributed by atoms with Crippen LogP contribution in [0.3, 0.4) is 0 Å². The molecule has 10 nitrogen and oxygen atoms in total. The highest BCUT2D eigenvalue weighted by atomic mass is 16.6. The number of aromatic nitrogens is 2. The molecule has 2 aromatic heterocycles. The second-order valence-corrected chi connectivity index (χ2v) is 9.89. The number of imidazole rings is 1. The van der Waals surface area contributed by atoms with Crippen molar-refractivity contribution in [1.82, 2.24) is 14.9 Å². The Hall–Kier alpha value is -4.60. The van der Waals surface area contributed by atoms with Crippen molar-refractivity contribution in [3.05, 3.63) is 72.2 Å². The van der Waals surface area contributed by atoms with Crippen LogP contribution in [0.5, 0.6) is 5.75 Å². The largest absolute Gasteiger partial charge is 0.482 e. The fourth-order valence-electron chi connectivity index (χ4n) is 5.14. The van der Waals surface area contributed by atoms with E-state index in [-0.39, 0.29) is 13.0 Å². The molecule has 4 aromatic rings. The summed E-state index contributed by atoms with van der Waals surface area (Å²) in [5.41, 5.74) is 3.50. The number of rotatable bonds is 10. The summed E-state index contributed by atoms with van der Waals surface area (Å²) in [5.74, 6) is -0.903. The minimum Gasteiger partial charge on any atom is -0.482 e. The van der Waals surface area contributed by atoms with Gasteiger partial charge < -0.3 is 28.9 Å². The first-order chi connectivity index (χ1) is 19.4. The van der Waals surface area contributed by atoms with Crippen LogP contribution >= 0.6 is 0 Å². The van der Waals surface area contributed by atoms with Gasteiger partial charge in [-0.2, -0.15) is 0 Å². The number of nitrogens with one attached hydrogen (secondary N) is 1. The van der Waals surface area contributed by atoms with Gasteiger partial charge in [0.1, 0.15) is 23.9 Å². The molecule has 2 heterocycles. The second kappa shape index (κ2) is 12.1. The van der Waals surface area contributed by atoms with E-state index in [1.165, 1.54) is 13.5 Å². The average Bonchev–Trinajstić information content (AvgIpc) is 3.64. The number of carboxylic acid groups (broad SMARTS) is 1. The lowest BCUT2D eigenvalue weighted by molar-refractivity contribution is -0.143. The molecular weight excluding hydrogens is 514 g/mol. The molecule has 2 N–H and O–H groups in total. The fourth-order valence-corrected chi connectivity index (χ4v) is 5.14. The smallest absolute Gasteiger partial charge is 0.343 e. The van der Waals surface area contributed by atoms with Crippen molar-refractivity contribution in [2.24, 2.45) is 0 Å². The molecule has 1 aliphatic rings. The lowest BCUT2D eigenvalue weighted by Crippen LogP contribution is -2.42. The lowest BCUT2D eigenvalue weighted by Gasteiger charge is -2.25. The van der Waals surface area contributed by atoms with Crippen LogP contribution in [-0.4, -0.2) is 52.3 Å². The van der Waals surface area contributed by atoms with Gasteiger partial charge in [-0.25, -0.2) is 14.6 Å². The molecule has 5 rings (SSSR count). The summed E-state index contributed by atoms with van der Waals surface area (Å²) in [7, 11) is 1.27. The number of furan rings is 1. The van der Waals surface area contributed by atoms with Crippen molar-refractivity contribution in [3.8, 4) is 17.1 Å². The van der Waals surface area contributed by atoms with Crippen molar-refractivity contribution in [2.45, 2.75) is 50.6 Å². The summed E-state index contributed by atoms with van der Waals surface area (Å²) in [6.45, 7) is -0.226. The first kappa shape index (κ1) is 27.0. The van der Waals surface area contributed by atoms with Crippen LogP contribution in [-0.2, 0) is 20.7 Å². The number of hydrogen-bond donors (Lipinski definition) is 2. The number of ether oxygens (including phenoxy) is 2. The third-order valence-corrected chi connectivity index (χ3v) is 7.22. The molecule has 0 unspecified atom stereocenters. The van der Waals surface area contributed by atoms with Gasteiger partial charge in [0, 0.05) is 18.0 Å². The van der Waals surface area contributed by atoms with E-state index >= 15 is 0 Å². The van der Waals surface area contributed by atoms with E-state index in [0.29, 0.717) is 28.4 Å². The van der Waals surface area contributed by atoms with Gasteiger partial charge in [0.25, 0.3) is 5.91 Å². The van der Waals surface area contributed by atoms with E-state index in [4.69, 9.17) is 14.1 Å². The summed E-state index contributed by atoms with van der Waals surface area (Å²) < 4.78 is 17.4. The Morgan fingerprint density at radius 2 is 1.88 bits per heavy atom. The summed E-state index contributed by atoms with van der Waals surface area (Å²) in [4.78, 5) is 41.3. The number of carboxylic acids is 1. The summed E-state index contributed by atoms with van der Waals surface area (Å²) >= 11 is 0. The highest BCUT2D eigenvalue weighted by Gasteiger charge is 2.25. The Bertz CT molecular complexity index is 1490. The highest BCUT2D eigenvalue weighted by Crippen LogP contribution is 2.36. The molecule has 208 valence electrons. The van der Waals surface area contributed by atoms with Crippen LogP contribution in [0.1, 0.15) is 54.1 Å². The zero-order valence-corrected chi connectivity index (χ0v) is 22.2. The average molecular weight is 546 g/mol. The molecule has 0 radical (unpaired) electrons. The number of amides is 1. The zero-order valence-electron chi connectivity index (χ0n) is 22.2. The van der Waals surface area contributed by atoms with Crippen LogP contribution in [0.15, 0.2) is 65.5 Å². The van der Waals surface area contributed by atoms with Gasteiger partial charge in [-0.05, 0) is 54.8 Å². The molecule has 1 amide bonds. The Kier molecular flexibility index (Phi) is 8.14. The highest BCUT2D eigenvalue weighted by molar-refractivity contribution is 5.99. The first-order valence-corrected chi connectivity index (χ1v) is 13.3. The Balaban J connectivity index is 1.33. The standard InChI is InChI=1S/C30H31N3O7/c1-38-27(34)18-40-23-10-7-19(8-11-23)15-25(30(36)37)32-29(35)20-9-12-26-24(16-20)31-28(21-13-14-39-17-21)33(26)22-5-3-2-4-6-22/h7-14,16-17,22,25H,2-6,15,18H2,1H3,(H,32,35)(H,36,37)/t25-/m0/s1. The Morgan fingerprint density at radius 1 is 1.10 bits per heavy atom. The Labute approximate surface area is 230 Å². The van der Waals surface area contributed by atoms with Crippen LogP contribution < -0.4 is 10.1 Å². The molecule has 1 atom stereocenters. The number of fused-ring (bicyclic) bond motifs is 1. The molecule has 1 aliphatic carbocycles. The summed E-state index contributed by atoms with van der Waals surface area (Å²) in [5, 5.41) is 12.4. The maximum absolute atomic E-state index is 13.2. The fraction of sp³-hybridized carbons (Fsp3) is 0.333. The van der Waals surface area contributed by atoms with Gasteiger partial charge in [0.05, 0.1) is 30.0 Å². The molecule has 40 heavy (non-hydrogen) atoms. The van der Waals surface area contributed by atoms with Crippen LogP contribution in [0.4, 0.5) is 0 Å². The van der Waals surface area contributed by atoms with E-state index < -0.39 is 23.9 Å². The van der Waals surface area contributed by atoms with Gasteiger partial charge in [-0.3, -0.25) is 4.79 Å². The molecule has 0 saturated heterocycles. The van der Waals surface area contributed by atoms with E-state index in [9.17, 15) is 19.5 Å². The van der Waals surface area contributed by atoms with Crippen LogP contribution in [0.25, 0.3) is 22.4 Å². The third-order valence-electron chi connectivity index (χ3n) is 7.22. The monoisotopic (exact) mass is 545 g/mol. The van der Waals surface area contributed by atoms with Gasteiger partial charge in [-0.1, -0.05) is 31.4 Å². The summed E-state index contributed by atoms with van der Waals surface area (Å²) in [6.07, 6.45) is 9.05. The lowest BCUT2D eigenvalue weighted by atomic mass is 9.95. The topological polar surface area (TPSA) is 133 Å². The number of aliphatic carboxylic acids is 1. The molecular formula is C30H31N3O7. The number of carbonyl (C=O) groups is 3. The molecule has 2 aromatic carbocycles. The van der Waals surface area contributed by atoms with E-state index in [1.807, 2.05) is 12.1 Å². The van der Waals surface area contributed by atoms with Crippen molar-refractivity contribution in [2.75, 3.05) is 13.7 Å². The number of methoxy groups -OCH3 is 1. The summed E-state index contributed by atoms with van der Waals surface area (Å²) in [6, 6.07) is 13.0. The number of benzene rings is 2. The first-order valence-electron chi connectivity index (χ1n) is 13.3. The zero-order chi connectivity index (χ0) is 28.1. The SMILES string of the molecule is COC(=O)COc1ccc(C[C@H](NC(=O)c2ccc3c(c2)nc(-c2ccoc2)n3C2CCCCC2)C(=O)O)cc1. The molecule has 0 aliphatic heterocycles. The normalized spacial score (nSPS) is 14.5. The number of hydrogen-bond acceptors (Lipinski definition) is 7. The van der Waals surface area contributed by atoms with Gasteiger partial charge in [-0.15, -0.1) is 0 Å². The van der Waals surface area contributed by atoms with Crippen LogP contribution in [0, 0.1) is 0 Å². The maximum atomic E-state index is 13.2.